The third-order valence-corrected chi connectivity index (χ3v) is 7.66. The highest BCUT2D eigenvalue weighted by molar-refractivity contribution is 6.25. The Balaban J connectivity index is 1.63. The van der Waals surface area contributed by atoms with Crippen LogP contribution >= 0.6 is 0 Å². The predicted octanol–water partition coefficient (Wildman–Crippen LogP) is 0.494. The van der Waals surface area contributed by atoms with Crippen molar-refractivity contribution in [2.24, 2.45) is 17.8 Å². The zero-order valence-electron chi connectivity index (χ0n) is 21.3. The van der Waals surface area contributed by atoms with Crippen molar-refractivity contribution >= 4 is 23.4 Å². The van der Waals surface area contributed by atoms with E-state index in [0.29, 0.717) is 5.57 Å². The summed E-state index contributed by atoms with van der Waals surface area (Å²) in [4.78, 5) is 49.3. The van der Waals surface area contributed by atoms with Crippen LogP contribution in [0.2, 0.25) is 0 Å². The van der Waals surface area contributed by atoms with Crippen LogP contribution in [-0.2, 0) is 38.1 Å². The Hall–Kier alpha value is -2.82. The van der Waals surface area contributed by atoms with Crippen molar-refractivity contribution in [1.29, 1.82) is 0 Å². The summed E-state index contributed by atoms with van der Waals surface area (Å²) in [7, 11) is 1.29. The number of hydrogen-bond donors (Lipinski definition) is 1. The van der Waals surface area contributed by atoms with Crippen molar-refractivity contribution in [3.8, 4) is 0 Å². The number of hydrogen-bond acceptors (Lipinski definition) is 9. The number of carbonyl (C=O) groups is 4. The Kier molecular flexibility index (Phi) is 6.74. The summed E-state index contributed by atoms with van der Waals surface area (Å²) in [5, 5.41) is 14.7. The van der Waals surface area contributed by atoms with Gasteiger partial charge in [0.05, 0.1) is 31.4 Å². The first kappa shape index (κ1) is 26.2. The van der Waals surface area contributed by atoms with Gasteiger partial charge in [0, 0.05) is 18.3 Å². The molecule has 10 heteroatoms. The second-order valence-electron chi connectivity index (χ2n) is 10.3. The standard InChI is InChI=1S/C26H33NO9/c1-12(7-8-16(28)19-18(30)11-27-23(19)31)9-13(2)21-14(3)22-17(29)10-25(5)26(35-21,36-22)20(15(4)34-25)24(32)33-6/h7-9,13-15,20-22,28H,10-11H2,1-6H3,(H,27,31)/p-1/b8-7+,12-9+,19-16+/t13-,14-,15-,20-,21-,22+,25+,26+/m1/s1. The van der Waals surface area contributed by atoms with E-state index in [-0.39, 0.29) is 36.2 Å². The molecule has 8 atom stereocenters. The first-order chi connectivity index (χ1) is 16.8. The third kappa shape index (κ3) is 4.01. The van der Waals surface area contributed by atoms with Crippen LogP contribution in [0.3, 0.4) is 0 Å². The molecule has 1 amide bonds. The first-order valence-electron chi connectivity index (χ1n) is 12.1. The highest BCUT2D eigenvalue weighted by atomic mass is 16.8. The molecule has 0 radical (unpaired) electrons. The lowest BCUT2D eigenvalue weighted by atomic mass is 9.73. The van der Waals surface area contributed by atoms with Crippen LogP contribution in [0.4, 0.5) is 0 Å². The summed E-state index contributed by atoms with van der Waals surface area (Å²) in [6, 6.07) is 0. The molecule has 4 aliphatic rings. The lowest BCUT2D eigenvalue weighted by Crippen LogP contribution is -2.71. The fourth-order valence-electron chi connectivity index (χ4n) is 5.99. The minimum absolute atomic E-state index is 0.0613. The molecule has 4 heterocycles. The van der Waals surface area contributed by atoms with E-state index in [1.54, 1.807) is 20.8 Å². The molecule has 0 aromatic rings. The normalized spacial score (nSPS) is 40.8. The van der Waals surface area contributed by atoms with Crippen molar-refractivity contribution in [2.75, 3.05) is 13.7 Å². The molecular weight excluding hydrogens is 470 g/mol. The molecule has 4 saturated heterocycles. The SMILES string of the molecule is COC(=O)[C@H]1[C@@H](C)O[C@@]2(C)CC(=O)[C@H]3O[C@@]12O[C@H]([C@H](C)/C=C(C)/C=C/C([O-])=C1/C(=O)CNC1=O)[C@H]3C. The number of rotatable bonds is 5. The van der Waals surface area contributed by atoms with Crippen molar-refractivity contribution in [3.63, 3.8) is 0 Å². The maximum Gasteiger partial charge on any atom is 0.316 e. The number of ketones is 2. The van der Waals surface area contributed by atoms with E-state index >= 15 is 0 Å². The van der Waals surface area contributed by atoms with Gasteiger partial charge in [0.1, 0.15) is 17.6 Å². The molecule has 2 bridgehead atoms. The summed E-state index contributed by atoms with van der Waals surface area (Å²) in [6.07, 6.45) is 2.79. The minimum Gasteiger partial charge on any atom is -0.872 e. The topological polar surface area (TPSA) is 140 Å². The second-order valence-corrected chi connectivity index (χ2v) is 10.3. The van der Waals surface area contributed by atoms with E-state index in [1.165, 1.54) is 19.3 Å². The molecule has 4 rings (SSSR count). The number of nitrogens with one attached hydrogen (secondary N) is 1. The summed E-state index contributed by atoms with van der Waals surface area (Å²) < 4.78 is 24.0. The van der Waals surface area contributed by atoms with E-state index in [2.05, 4.69) is 5.32 Å². The molecule has 1 spiro atoms. The van der Waals surface area contributed by atoms with E-state index in [0.717, 1.165) is 0 Å². The van der Waals surface area contributed by atoms with Crippen LogP contribution in [0, 0.1) is 17.8 Å². The van der Waals surface area contributed by atoms with E-state index in [4.69, 9.17) is 18.9 Å². The van der Waals surface area contributed by atoms with Gasteiger partial charge in [-0.25, -0.2) is 0 Å². The van der Waals surface area contributed by atoms with Crippen LogP contribution < -0.4 is 10.4 Å². The quantitative estimate of drug-likeness (QED) is 0.187. The second kappa shape index (κ2) is 9.24. The summed E-state index contributed by atoms with van der Waals surface area (Å²) in [6.45, 7) is 8.85. The van der Waals surface area contributed by atoms with Crippen LogP contribution in [0.15, 0.2) is 35.1 Å². The zero-order valence-corrected chi connectivity index (χ0v) is 21.3. The molecule has 10 nitrogen and oxygen atoms in total. The fourth-order valence-corrected chi connectivity index (χ4v) is 5.99. The summed E-state index contributed by atoms with van der Waals surface area (Å²) in [5.74, 6) is -5.42. The minimum atomic E-state index is -1.48. The van der Waals surface area contributed by atoms with Gasteiger partial charge in [-0.3, -0.25) is 19.2 Å². The molecule has 0 saturated carbocycles. The highest BCUT2D eigenvalue weighted by Gasteiger charge is 2.74. The maximum absolute atomic E-state index is 13.1. The van der Waals surface area contributed by atoms with Crippen molar-refractivity contribution < 1.29 is 43.2 Å². The van der Waals surface area contributed by atoms with Crippen molar-refractivity contribution in [3.05, 3.63) is 35.1 Å². The van der Waals surface area contributed by atoms with Gasteiger partial charge >= 0.3 is 5.97 Å². The smallest absolute Gasteiger partial charge is 0.316 e. The van der Waals surface area contributed by atoms with Crippen LogP contribution in [0.25, 0.3) is 0 Å². The van der Waals surface area contributed by atoms with Gasteiger partial charge in [-0.05, 0) is 20.8 Å². The monoisotopic (exact) mass is 502 g/mol. The van der Waals surface area contributed by atoms with Crippen LogP contribution in [-0.4, -0.2) is 66.8 Å². The lowest BCUT2D eigenvalue weighted by Gasteiger charge is -2.56. The summed E-state index contributed by atoms with van der Waals surface area (Å²) >= 11 is 0. The Labute approximate surface area is 209 Å². The van der Waals surface area contributed by atoms with E-state index in [1.807, 2.05) is 19.9 Å². The number of esters is 1. The lowest BCUT2D eigenvalue weighted by molar-refractivity contribution is -0.387. The Morgan fingerprint density at radius 1 is 1.19 bits per heavy atom. The molecule has 0 aliphatic carbocycles. The number of ether oxygens (including phenoxy) is 4. The highest BCUT2D eigenvalue weighted by Crippen LogP contribution is 2.57. The van der Waals surface area contributed by atoms with Gasteiger partial charge in [0.15, 0.2) is 11.6 Å². The van der Waals surface area contributed by atoms with Gasteiger partial charge in [0.25, 0.3) is 5.91 Å². The van der Waals surface area contributed by atoms with Crippen LogP contribution in [0.1, 0.15) is 41.0 Å². The Bertz CT molecular complexity index is 1070. The number of allylic oxidation sites excluding steroid dienone is 3. The largest absolute Gasteiger partial charge is 0.872 e. The number of fused-ring (bicyclic) bond motifs is 1. The molecule has 0 unspecified atom stereocenters. The van der Waals surface area contributed by atoms with Gasteiger partial charge in [-0.1, -0.05) is 43.4 Å². The molecule has 0 aromatic carbocycles. The van der Waals surface area contributed by atoms with Crippen molar-refractivity contribution in [2.45, 2.75) is 70.7 Å². The maximum atomic E-state index is 13.1. The van der Waals surface area contributed by atoms with Gasteiger partial charge in [-0.15, -0.1) is 0 Å². The molecule has 0 aromatic heterocycles. The molecule has 4 aliphatic heterocycles. The van der Waals surface area contributed by atoms with E-state index in [9.17, 15) is 24.3 Å². The van der Waals surface area contributed by atoms with E-state index < -0.39 is 59.0 Å². The zero-order chi connectivity index (χ0) is 26.6. The number of Topliss-reactive ketones (excluding diaryl/α,β-unsaturated/α-hetero) is 2. The number of methoxy groups -OCH3 is 1. The van der Waals surface area contributed by atoms with Crippen molar-refractivity contribution in [1.82, 2.24) is 5.32 Å². The molecule has 36 heavy (non-hydrogen) atoms. The molecule has 1 N–H and O–H groups in total. The van der Waals surface area contributed by atoms with Gasteiger partial charge in [-0.2, -0.15) is 0 Å². The number of amides is 1. The van der Waals surface area contributed by atoms with Gasteiger partial charge in [0.2, 0.25) is 5.79 Å². The Morgan fingerprint density at radius 3 is 2.50 bits per heavy atom. The average molecular weight is 503 g/mol. The Morgan fingerprint density at radius 2 is 1.89 bits per heavy atom. The molecule has 4 fully saturated rings. The molecular formula is C26H32NO9-. The third-order valence-electron chi connectivity index (χ3n) is 7.66. The van der Waals surface area contributed by atoms with Gasteiger partial charge < -0.3 is 29.4 Å². The average Bonchev–Trinajstić information content (AvgIpc) is 3.25. The van der Waals surface area contributed by atoms with Crippen LogP contribution in [0.5, 0.6) is 0 Å². The summed E-state index contributed by atoms with van der Waals surface area (Å²) in [5.41, 5.74) is -0.836. The predicted molar refractivity (Wildman–Crippen MR) is 123 cm³/mol. The number of carbonyl (C=O) groups excluding carboxylic acids is 4. The first-order valence-corrected chi connectivity index (χ1v) is 12.1. The molecule has 196 valence electrons. The fraction of sp³-hybridized carbons (Fsp3) is 0.615.